The number of aliphatic hydroxyl groups excluding tert-OH is 5. The standard InChI is InChI=1S/C6H12O6.C4H7NO/c7-1-3(9)5(11)6(12)4(10)2-8;1-3(2)4(5)6/h1,3-6,8-12H,2H2;1H2,2H3,(H2,5,6)/t3-,4-,5-,6+;/m1./s1. The van der Waals surface area contributed by atoms with Crippen molar-refractivity contribution in [1.29, 1.82) is 0 Å². The van der Waals surface area contributed by atoms with Crippen molar-refractivity contribution in [3.8, 4) is 0 Å². The minimum Gasteiger partial charge on any atom is -0.394 e. The fourth-order valence-corrected chi connectivity index (χ4v) is 0.618. The molecule has 0 fully saturated rings. The smallest absolute Gasteiger partial charge is 0.243 e. The van der Waals surface area contributed by atoms with Gasteiger partial charge in [-0.25, -0.2) is 0 Å². The number of aldehydes is 1. The molecule has 0 aromatic rings. The molecule has 7 N–H and O–H groups in total. The summed E-state index contributed by atoms with van der Waals surface area (Å²) in [6.07, 6.45) is -6.84. The minimum atomic E-state index is -1.79. The summed E-state index contributed by atoms with van der Waals surface area (Å²) in [5.41, 5.74) is 5.09. The number of amides is 1. The zero-order valence-corrected chi connectivity index (χ0v) is 9.93. The molecule has 106 valence electrons. The van der Waals surface area contributed by atoms with Crippen LogP contribution < -0.4 is 5.73 Å². The molecule has 0 saturated heterocycles. The summed E-state index contributed by atoms with van der Waals surface area (Å²) < 4.78 is 0. The Kier molecular flexibility index (Phi) is 10.2. The van der Waals surface area contributed by atoms with Gasteiger partial charge in [-0.15, -0.1) is 0 Å². The second kappa shape index (κ2) is 9.68. The Hall–Kier alpha value is -1.32. The van der Waals surface area contributed by atoms with Gasteiger partial charge in [0.05, 0.1) is 6.61 Å². The van der Waals surface area contributed by atoms with Crippen molar-refractivity contribution < 1.29 is 35.1 Å². The van der Waals surface area contributed by atoms with Crippen LogP contribution in [0.15, 0.2) is 12.2 Å². The van der Waals surface area contributed by atoms with Crippen LogP contribution in [0.5, 0.6) is 0 Å². The average molecular weight is 265 g/mol. The van der Waals surface area contributed by atoms with Crippen molar-refractivity contribution in [3.05, 3.63) is 12.2 Å². The Labute approximate surface area is 104 Å². The monoisotopic (exact) mass is 265 g/mol. The Balaban J connectivity index is 0. The van der Waals surface area contributed by atoms with Gasteiger partial charge < -0.3 is 36.1 Å². The number of carbonyl (C=O) groups is 2. The Morgan fingerprint density at radius 3 is 1.89 bits per heavy atom. The molecule has 0 aliphatic heterocycles. The number of aliphatic hydroxyl groups is 5. The van der Waals surface area contributed by atoms with E-state index in [2.05, 4.69) is 6.58 Å². The summed E-state index contributed by atoms with van der Waals surface area (Å²) in [7, 11) is 0. The van der Waals surface area contributed by atoms with Crippen LogP contribution in [-0.2, 0) is 9.59 Å². The molecule has 1 amide bonds. The number of rotatable bonds is 6. The molecule has 18 heavy (non-hydrogen) atoms. The van der Waals surface area contributed by atoms with E-state index in [1.54, 1.807) is 6.92 Å². The lowest BCUT2D eigenvalue weighted by molar-refractivity contribution is -0.136. The lowest BCUT2D eigenvalue weighted by Gasteiger charge is -2.22. The molecule has 0 bridgehead atoms. The number of hydrogen-bond donors (Lipinski definition) is 6. The average Bonchev–Trinajstić information content (AvgIpc) is 2.35. The van der Waals surface area contributed by atoms with Gasteiger partial charge in [0, 0.05) is 5.57 Å². The molecule has 0 rings (SSSR count). The van der Waals surface area contributed by atoms with Gasteiger partial charge in [0.25, 0.3) is 0 Å². The van der Waals surface area contributed by atoms with Gasteiger partial charge in [0.2, 0.25) is 5.91 Å². The predicted molar refractivity (Wildman–Crippen MR) is 61.2 cm³/mol. The molecule has 0 aromatic heterocycles. The van der Waals surface area contributed by atoms with Gasteiger partial charge in [0.1, 0.15) is 24.4 Å². The second-order valence-electron chi connectivity index (χ2n) is 3.50. The number of primary amides is 1. The van der Waals surface area contributed by atoms with E-state index in [9.17, 15) is 9.59 Å². The van der Waals surface area contributed by atoms with Crippen LogP contribution in [0, 0.1) is 0 Å². The van der Waals surface area contributed by atoms with Crippen LogP contribution in [0.3, 0.4) is 0 Å². The maximum absolute atomic E-state index is 9.90. The highest BCUT2D eigenvalue weighted by molar-refractivity contribution is 5.90. The highest BCUT2D eigenvalue weighted by atomic mass is 16.4. The van der Waals surface area contributed by atoms with Gasteiger partial charge in [-0.1, -0.05) is 6.58 Å². The summed E-state index contributed by atoms with van der Waals surface area (Å²) in [6, 6.07) is 0. The molecule has 0 aromatic carbocycles. The van der Waals surface area contributed by atoms with E-state index in [0.29, 0.717) is 5.57 Å². The van der Waals surface area contributed by atoms with Crippen molar-refractivity contribution in [3.63, 3.8) is 0 Å². The van der Waals surface area contributed by atoms with E-state index in [1.807, 2.05) is 0 Å². The van der Waals surface area contributed by atoms with E-state index in [1.165, 1.54) is 0 Å². The molecule has 8 heteroatoms. The summed E-state index contributed by atoms with van der Waals surface area (Å²) in [6.45, 7) is 4.09. The van der Waals surface area contributed by atoms with Crippen LogP contribution in [0.4, 0.5) is 0 Å². The summed E-state index contributed by atoms with van der Waals surface area (Å²) in [5.74, 6) is -0.435. The number of hydrogen-bond acceptors (Lipinski definition) is 7. The van der Waals surface area contributed by atoms with Crippen molar-refractivity contribution in [1.82, 2.24) is 0 Å². The van der Waals surface area contributed by atoms with E-state index in [0.717, 1.165) is 0 Å². The molecule has 0 radical (unpaired) electrons. The molecule has 8 nitrogen and oxygen atoms in total. The van der Waals surface area contributed by atoms with Gasteiger partial charge in [-0.05, 0) is 6.92 Å². The van der Waals surface area contributed by atoms with Crippen molar-refractivity contribution in [2.45, 2.75) is 31.3 Å². The van der Waals surface area contributed by atoms with Crippen LogP contribution in [0.25, 0.3) is 0 Å². The Morgan fingerprint density at radius 2 is 1.67 bits per heavy atom. The lowest BCUT2D eigenvalue weighted by atomic mass is 10.0. The van der Waals surface area contributed by atoms with E-state index in [-0.39, 0.29) is 6.29 Å². The van der Waals surface area contributed by atoms with E-state index in [4.69, 9.17) is 31.3 Å². The fourth-order valence-electron chi connectivity index (χ4n) is 0.618. The molecule has 0 spiro atoms. The molecule has 4 atom stereocenters. The molecule has 0 saturated carbocycles. The zero-order chi connectivity index (χ0) is 14.9. The molecular formula is C10H19NO7. The highest BCUT2D eigenvalue weighted by Crippen LogP contribution is 2.02. The van der Waals surface area contributed by atoms with Crippen LogP contribution in [0.2, 0.25) is 0 Å². The second-order valence-corrected chi connectivity index (χ2v) is 3.50. The van der Waals surface area contributed by atoms with Gasteiger partial charge in [-0.2, -0.15) is 0 Å². The lowest BCUT2D eigenvalue weighted by Crippen LogP contribution is -2.46. The first-order chi connectivity index (χ1) is 8.18. The molecule has 0 aliphatic carbocycles. The van der Waals surface area contributed by atoms with Gasteiger partial charge in [0.15, 0.2) is 6.29 Å². The summed E-state index contributed by atoms with van der Waals surface area (Å²) in [5, 5.41) is 43.5. The van der Waals surface area contributed by atoms with Crippen molar-refractivity contribution >= 4 is 12.2 Å². The van der Waals surface area contributed by atoms with E-state index < -0.39 is 36.9 Å². The molecule has 0 aliphatic rings. The van der Waals surface area contributed by atoms with Crippen molar-refractivity contribution in [2.75, 3.05) is 6.61 Å². The van der Waals surface area contributed by atoms with Gasteiger partial charge >= 0.3 is 0 Å². The third-order valence-corrected chi connectivity index (χ3v) is 1.84. The fraction of sp³-hybridized carbons (Fsp3) is 0.600. The van der Waals surface area contributed by atoms with Crippen LogP contribution in [0.1, 0.15) is 6.92 Å². The quantitative estimate of drug-likeness (QED) is 0.216. The largest absolute Gasteiger partial charge is 0.394 e. The van der Waals surface area contributed by atoms with Crippen molar-refractivity contribution in [2.24, 2.45) is 5.73 Å². The SMILES string of the molecule is C=C(C)C(N)=O.O=C[C@@H](O)[C@@H](O)[C@@H](O)[C@H](O)CO. The number of nitrogens with two attached hydrogens (primary N) is 1. The predicted octanol–water partition coefficient (Wildman–Crippen LogP) is -3.33. The highest BCUT2D eigenvalue weighted by Gasteiger charge is 2.29. The van der Waals surface area contributed by atoms with Gasteiger partial charge in [-0.3, -0.25) is 4.79 Å². The molecule has 0 heterocycles. The third-order valence-electron chi connectivity index (χ3n) is 1.84. The summed E-state index contributed by atoms with van der Waals surface area (Å²) in [4.78, 5) is 19.7. The van der Waals surface area contributed by atoms with Crippen LogP contribution in [-0.4, -0.2) is 68.7 Å². The molecule has 0 unspecified atom stereocenters. The first-order valence-electron chi connectivity index (χ1n) is 4.92. The summed E-state index contributed by atoms with van der Waals surface area (Å²) >= 11 is 0. The zero-order valence-electron chi connectivity index (χ0n) is 9.93. The Bertz CT molecular complexity index is 269. The number of carbonyl (C=O) groups excluding carboxylic acids is 2. The first kappa shape index (κ1) is 19.0. The molecular weight excluding hydrogens is 246 g/mol. The minimum absolute atomic E-state index is 0.0258. The maximum Gasteiger partial charge on any atom is 0.243 e. The first-order valence-corrected chi connectivity index (χ1v) is 4.92. The topological polar surface area (TPSA) is 161 Å². The Morgan fingerprint density at radius 1 is 1.28 bits per heavy atom. The third kappa shape index (κ3) is 7.87. The van der Waals surface area contributed by atoms with Crippen LogP contribution >= 0.6 is 0 Å². The maximum atomic E-state index is 9.90. The normalized spacial score (nSPS) is 16.6. The van der Waals surface area contributed by atoms with E-state index >= 15 is 0 Å².